The first-order chi connectivity index (χ1) is 19.0. The van der Waals surface area contributed by atoms with Crippen LogP contribution in [0.1, 0.15) is 21.6 Å². The molecule has 0 saturated carbocycles. The zero-order chi connectivity index (χ0) is 27.2. The fourth-order valence-corrected chi connectivity index (χ4v) is 3.59. The van der Waals surface area contributed by atoms with Gasteiger partial charge in [-0.05, 0) is 33.6 Å². The Labute approximate surface area is 219 Å². The number of nitrogen functional groups attached to an aromatic ring is 1. The van der Waals surface area contributed by atoms with Gasteiger partial charge in [0, 0.05) is 17.7 Å². The second kappa shape index (κ2) is 11.0. The van der Waals surface area contributed by atoms with Gasteiger partial charge in [0.15, 0.2) is 5.69 Å². The average Bonchev–Trinajstić information content (AvgIpc) is 3.59. The zero-order valence-electron chi connectivity index (χ0n) is 20.0. The Kier molecular flexibility index (Phi) is 6.98. The summed E-state index contributed by atoms with van der Waals surface area (Å²) in [6.07, 6.45) is 1.43. The van der Waals surface area contributed by atoms with Gasteiger partial charge in [-0.25, -0.2) is 10.1 Å². The number of rotatable bonds is 9. The molecular formula is C25H19N9O5. The minimum Gasteiger partial charge on any atom is -0.489 e. The zero-order valence-corrected chi connectivity index (χ0v) is 20.0. The van der Waals surface area contributed by atoms with Gasteiger partial charge in [-0.2, -0.15) is 9.78 Å². The van der Waals surface area contributed by atoms with Gasteiger partial charge in [-0.3, -0.25) is 14.9 Å². The maximum atomic E-state index is 13.1. The number of nitrogens with one attached hydrogen (secondary N) is 1. The van der Waals surface area contributed by atoms with Crippen molar-refractivity contribution in [2.45, 2.75) is 6.61 Å². The number of nitro benzene ring substituents is 1. The van der Waals surface area contributed by atoms with Crippen LogP contribution in [0.2, 0.25) is 0 Å². The average molecular weight is 525 g/mol. The fourth-order valence-electron chi connectivity index (χ4n) is 3.59. The summed E-state index contributed by atoms with van der Waals surface area (Å²) in [5, 5.41) is 30.4. The van der Waals surface area contributed by atoms with Crippen molar-refractivity contribution in [3.05, 3.63) is 106 Å². The van der Waals surface area contributed by atoms with E-state index >= 15 is 0 Å². The largest absolute Gasteiger partial charge is 0.489 e. The molecule has 3 N–H and O–H groups in total. The molecule has 2 aromatic heterocycles. The molecule has 1 amide bonds. The Bertz CT molecular complexity index is 1660. The molecule has 0 aliphatic rings. The third-order valence-corrected chi connectivity index (χ3v) is 5.40. The molecule has 14 nitrogen and oxygen atoms in total. The van der Waals surface area contributed by atoms with Gasteiger partial charge in [0.25, 0.3) is 11.6 Å². The molecule has 0 saturated heterocycles. The van der Waals surface area contributed by atoms with Crippen molar-refractivity contribution in [2.24, 2.45) is 5.10 Å². The van der Waals surface area contributed by atoms with E-state index in [2.05, 4.69) is 35.8 Å². The van der Waals surface area contributed by atoms with Gasteiger partial charge >= 0.3 is 0 Å². The van der Waals surface area contributed by atoms with E-state index in [0.29, 0.717) is 17.9 Å². The Hall–Kier alpha value is -5.92. The van der Waals surface area contributed by atoms with E-state index < -0.39 is 10.8 Å². The number of non-ortho nitro benzene ring substituents is 1. The second-order valence-corrected chi connectivity index (χ2v) is 8.02. The maximum Gasteiger partial charge on any atom is 0.294 e. The molecule has 0 unspecified atom stereocenters. The minimum atomic E-state index is -0.731. The third kappa shape index (κ3) is 5.59. The summed E-state index contributed by atoms with van der Waals surface area (Å²) < 4.78 is 11.6. The first-order valence-electron chi connectivity index (χ1n) is 11.4. The number of hydrazone groups is 1. The summed E-state index contributed by atoms with van der Waals surface area (Å²) in [4.78, 5) is 23.8. The number of ether oxygens (including phenoxy) is 1. The first kappa shape index (κ1) is 24.8. The van der Waals surface area contributed by atoms with Crippen LogP contribution in [0, 0.1) is 10.1 Å². The standard InChI is InChI=1S/C25H19N9O5/c26-23-24(31-39-30-23)33-22(18-9-5-10-19(13-18)34(36)37)21(28-32-33)25(35)29-27-14-17-8-4-11-20(12-17)38-15-16-6-2-1-3-7-16/h1-14H,15H2,(H2,26,30)(H,29,35)/b27-14+. The van der Waals surface area contributed by atoms with E-state index in [-0.39, 0.29) is 34.3 Å². The van der Waals surface area contributed by atoms with Crippen LogP contribution in [0.4, 0.5) is 11.5 Å². The minimum absolute atomic E-state index is 0.0427. The monoisotopic (exact) mass is 525 g/mol. The highest BCUT2D eigenvalue weighted by molar-refractivity contribution is 5.99. The number of nitro groups is 1. The number of aromatic nitrogens is 5. The number of nitrogens with zero attached hydrogens (tertiary/aromatic N) is 7. The highest BCUT2D eigenvalue weighted by Gasteiger charge is 2.26. The van der Waals surface area contributed by atoms with Crippen molar-refractivity contribution in [3.8, 4) is 22.8 Å². The Balaban J connectivity index is 1.37. The normalized spacial score (nSPS) is 11.0. The second-order valence-electron chi connectivity index (χ2n) is 8.02. The highest BCUT2D eigenvalue weighted by atomic mass is 16.6. The van der Waals surface area contributed by atoms with Crippen molar-refractivity contribution >= 4 is 23.6 Å². The molecular weight excluding hydrogens is 506 g/mol. The first-order valence-corrected chi connectivity index (χ1v) is 11.4. The van der Waals surface area contributed by atoms with Gasteiger partial charge in [0.1, 0.15) is 18.1 Å². The number of hydrogen-bond acceptors (Lipinski definition) is 11. The van der Waals surface area contributed by atoms with Gasteiger partial charge in [-0.1, -0.05) is 59.8 Å². The number of carbonyl (C=O) groups is 1. The lowest BCUT2D eigenvalue weighted by Gasteiger charge is -2.07. The number of nitrogens with two attached hydrogens (primary N) is 1. The van der Waals surface area contributed by atoms with E-state index in [1.807, 2.05) is 36.4 Å². The van der Waals surface area contributed by atoms with Gasteiger partial charge in [-0.15, -0.1) is 5.10 Å². The molecule has 5 rings (SSSR count). The van der Waals surface area contributed by atoms with E-state index in [4.69, 9.17) is 10.5 Å². The lowest BCUT2D eigenvalue weighted by molar-refractivity contribution is -0.384. The molecule has 0 bridgehead atoms. The quantitative estimate of drug-likeness (QED) is 0.164. The Morgan fingerprint density at radius 3 is 2.69 bits per heavy atom. The molecule has 0 aliphatic heterocycles. The molecule has 2 heterocycles. The molecule has 194 valence electrons. The van der Waals surface area contributed by atoms with Crippen LogP contribution in [0.3, 0.4) is 0 Å². The van der Waals surface area contributed by atoms with Crippen LogP contribution in [0.25, 0.3) is 17.1 Å². The molecule has 0 spiro atoms. The Morgan fingerprint density at radius 1 is 1.10 bits per heavy atom. The Morgan fingerprint density at radius 2 is 1.92 bits per heavy atom. The number of carbonyl (C=O) groups excluding carboxylic acids is 1. The molecule has 0 atom stereocenters. The fraction of sp³-hybridized carbons (Fsp3) is 0.0400. The van der Waals surface area contributed by atoms with Crippen LogP contribution in [0.15, 0.2) is 88.6 Å². The van der Waals surface area contributed by atoms with Crippen LogP contribution in [-0.4, -0.2) is 42.4 Å². The van der Waals surface area contributed by atoms with E-state index in [9.17, 15) is 14.9 Å². The molecule has 0 fully saturated rings. The molecule has 0 aliphatic carbocycles. The van der Waals surface area contributed by atoms with Crippen LogP contribution < -0.4 is 15.9 Å². The molecule has 14 heteroatoms. The van der Waals surface area contributed by atoms with Crippen molar-refractivity contribution in [1.29, 1.82) is 0 Å². The number of anilines is 1. The predicted molar refractivity (Wildman–Crippen MR) is 138 cm³/mol. The van der Waals surface area contributed by atoms with Crippen LogP contribution in [0.5, 0.6) is 5.75 Å². The highest BCUT2D eigenvalue weighted by Crippen LogP contribution is 2.29. The molecule has 5 aromatic rings. The summed E-state index contributed by atoms with van der Waals surface area (Å²) in [5.74, 6) is -0.265. The summed E-state index contributed by atoms with van der Waals surface area (Å²) in [7, 11) is 0. The van der Waals surface area contributed by atoms with Crippen molar-refractivity contribution in [3.63, 3.8) is 0 Å². The van der Waals surface area contributed by atoms with Gasteiger partial charge in [0.05, 0.1) is 11.1 Å². The number of benzene rings is 3. The lowest BCUT2D eigenvalue weighted by Crippen LogP contribution is -2.19. The van der Waals surface area contributed by atoms with E-state index in [1.165, 1.54) is 24.4 Å². The summed E-state index contributed by atoms with van der Waals surface area (Å²) >= 11 is 0. The van der Waals surface area contributed by atoms with Crippen molar-refractivity contribution < 1.29 is 19.1 Å². The summed E-state index contributed by atoms with van der Waals surface area (Å²) in [6, 6.07) is 22.5. The molecule has 0 radical (unpaired) electrons. The number of amides is 1. The molecule has 39 heavy (non-hydrogen) atoms. The third-order valence-electron chi connectivity index (χ3n) is 5.40. The van der Waals surface area contributed by atoms with E-state index in [1.54, 1.807) is 24.3 Å². The van der Waals surface area contributed by atoms with Crippen LogP contribution in [-0.2, 0) is 6.61 Å². The topological polar surface area (TPSA) is 189 Å². The summed E-state index contributed by atoms with van der Waals surface area (Å²) in [5.41, 5.74) is 9.83. The number of hydrogen-bond donors (Lipinski definition) is 2. The smallest absolute Gasteiger partial charge is 0.294 e. The maximum absolute atomic E-state index is 13.1. The van der Waals surface area contributed by atoms with Gasteiger partial charge < -0.3 is 10.5 Å². The molecule has 3 aromatic carbocycles. The SMILES string of the molecule is Nc1nonc1-n1nnc(C(=O)N/N=C/c2cccc(OCc3ccccc3)c2)c1-c1cccc([N+](=O)[O-])c1. The lowest BCUT2D eigenvalue weighted by atomic mass is 10.1. The van der Waals surface area contributed by atoms with E-state index in [0.717, 1.165) is 10.2 Å². The van der Waals surface area contributed by atoms with Gasteiger partial charge in [0.2, 0.25) is 11.6 Å². The van der Waals surface area contributed by atoms with Crippen molar-refractivity contribution in [2.75, 3.05) is 5.73 Å². The predicted octanol–water partition coefficient (Wildman–Crippen LogP) is 3.15. The van der Waals surface area contributed by atoms with Crippen LogP contribution >= 0.6 is 0 Å². The summed E-state index contributed by atoms with van der Waals surface area (Å²) in [6.45, 7) is 0.403. The van der Waals surface area contributed by atoms with Crippen molar-refractivity contribution in [1.82, 2.24) is 30.7 Å².